The van der Waals surface area contributed by atoms with E-state index in [1.165, 1.54) is 6.92 Å². The van der Waals surface area contributed by atoms with Crippen molar-refractivity contribution in [2.75, 3.05) is 13.1 Å². The number of nitrogens with zero attached hydrogens (tertiary/aromatic N) is 1. The van der Waals surface area contributed by atoms with E-state index in [1.807, 2.05) is 13.8 Å². The summed E-state index contributed by atoms with van der Waals surface area (Å²) in [5.41, 5.74) is 0. The van der Waals surface area contributed by atoms with Gasteiger partial charge in [0, 0.05) is 13.1 Å². The zero-order valence-corrected chi connectivity index (χ0v) is 9.77. The maximum absolute atomic E-state index is 11.5. The third-order valence-corrected chi connectivity index (χ3v) is 2.58. The van der Waals surface area contributed by atoms with E-state index in [2.05, 4.69) is 0 Å². The first kappa shape index (κ1) is 12.5. The largest absolute Gasteiger partial charge is 0.384 e. The molecule has 1 rings (SSSR count). The molecule has 0 aromatic carbocycles. The molecule has 0 saturated carbocycles. The Kier molecular flexibility index (Phi) is 4.54. The zero-order valence-electron chi connectivity index (χ0n) is 9.77. The minimum atomic E-state index is -0.882. The number of aliphatic hydroxyl groups excluding tert-OH is 1. The Morgan fingerprint density at radius 2 is 1.87 bits per heavy atom. The van der Waals surface area contributed by atoms with Crippen molar-refractivity contribution in [3.8, 4) is 0 Å². The monoisotopic (exact) mass is 215 g/mol. The lowest BCUT2D eigenvalue weighted by molar-refractivity contribution is -0.142. The van der Waals surface area contributed by atoms with E-state index in [-0.39, 0.29) is 18.1 Å². The normalized spacial score (nSPS) is 20.7. The van der Waals surface area contributed by atoms with Crippen LogP contribution in [0.15, 0.2) is 0 Å². The molecule has 1 amide bonds. The molecule has 0 radical (unpaired) electrons. The van der Waals surface area contributed by atoms with Gasteiger partial charge >= 0.3 is 0 Å². The van der Waals surface area contributed by atoms with Gasteiger partial charge in [0.2, 0.25) is 0 Å². The Hall–Kier alpha value is -0.610. The number of piperidine rings is 1. The summed E-state index contributed by atoms with van der Waals surface area (Å²) in [6, 6.07) is 0. The van der Waals surface area contributed by atoms with Gasteiger partial charge in [0.1, 0.15) is 6.10 Å². The molecule has 1 fully saturated rings. The highest BCUT2D eigenvalue weighted by molar-refractivity contribution is 5.80. The summed E-state index contributed by atoms with van der Waals surface area (Å²) in [4.78, 5) is 13.2. The van der Waals surface area contributed by atoms with Gasteiger partial charge in [-0.1, -0.05) is 0 Å². The molecule has 4 nitrogen and oxygen atoms in total. The van der Waals surface area contributed by atoms with Gasteiger partial charge in [-0.2, -0.15) is 0 Å². The highest BCUT2D eigenvalue weighted by Gasteiger charge is 2.25. The van der Waals surface area contributed by atoms with Crippen molar-refractivity contribution in [1.29, 1.82) is 0 Å². The lowest BCUT2D eigenvalue weighted by atomic mass is 10.1. The fourth-order valence-corrected chi connectivity index (χ4v) is 1.86. The molecule has 0 spiro atoms. The van der Waals surface area contributed by atoms with Crippen molar-refractivity contribution in [2.24, 2.45) is 0 Å². The predicted octanol–water partition coefficient (Wildman–Crippen LogP) is 0.783. The van der Waals surface area contributed by atoms with Gasteiger partial charge in [-0.15, -0.1) is 0 Å². The Labute approximate surface area is 91.2 Å². The number of rotatable bonds is 3. The molecule has 1 saturated heterocycles. The van der Waals surface area contributed by atoms with Crippen LogP contribution in [0.1, 0.15) is 33.6 Å². The molecule has 0 aromatic rings. The van der Waals surface area contributed by atoms with Crippen molar-refractivity contribution in [3.05, 3.63) is 0 Å². The number of amides is 1. The molecule has 15 heavy (non-hydrogen) atoms. The number of carbonyl (C=O) groups is 1. The Bertz CT molecular complexity index is 208. The number of hydrogen-bond acceptors (Lipinski definition) is 3. The fraction of sp³-hybridized carbons (Fsp3) is 0.909. The van der Waals surface area contributed by atoms with E-state index in [0.29, 0.717) is 13.1 Å². The molecule has 0 bridgehead atoms. The van der Waals surface area contributed by atoms with Crippen molar-refractivity contribution >= 4 is 5.91 Å². The molecule has 0 aromatic heterocycles. The summed E-state index contributed by atoms with van der Waals surface area (Å²) in [5.74, 6) is -0.169. The Morgan fingerprint density at radius 3 is 2.27 bits per heavy atom. The number of likely N-dealkylation sites (tertiary alicyclic amines) is 1. The lowest BCUT2D eigenvalue weighted by Gasteiger charge is -2.33. The first-order chi connectivity index (χ1) is 7.00. The van der Waals surface area contributed by atoms with E-state index in [9.17, 15) is 4.79 Å². The van der Waals surface area contributed by atoms with Crippen LogP contribution in [0.2, 0.25) is 0 Å². The number of ether oxygens (including phenoxy) is 1. The van der Waals surface area contributed by atoms with Gasteiger partial charge in [0.25, 0.3) is 5.91 Å². The van der Waals surface area contributed by atoms with Crippen LogP contribution in [0.5, 0.6) is 0 Å². The molecule has 1 N–H and O–H groups in total. The summed E-state index contributed by atoms with van der Waals surface area (Å²) >= 11 is 0. The molecule has 1 aliphatic rings. The summed E-state index contributed by atoms with van der Waals surface area (Å²) in [6.45, 7) is 6.95. The fourth-order valence-electron chi connectivity index (χ4n) is 1.86. The van der Waals surface area contributed by atoms with Crippen LogP contribution >= 0.6 is 0 Å². The topological polar surface area (TPSA) is 49.8 Å². The third kappa shape index (κ3) is 3.80. The third-order valence-electron chi connectivity index (χ3n) is 2.58. The second-order valence-electron chi connectivity index (χ2n) is 4.39. The second kappa shape index (κ2) is 5.47. The molecule has 1 heterocycles. The van der Waals surface area contributed by atoms with Gasteiger partial charge in [-0.05, 0) is 33.6 Å². The molecule has 88 valence electrons. The van der Waals surface area contributed by atoms with E-state index in [4.69, 9.17) is 9.84 Å². The standard InChI is InChI=1S/C11H21NO3/c1-8(2)15-10-4-6-12(7-5-10)11(14)9(3)13/h8-10,13H,4-7H2,1-3H3. The maximum atomic E-state index is 11.5. The highest BCUT2D eigenvalue weighted by Crippen LogP contribution is 2.15. The van der Waals surface area contributed by atoms with Crippen LogP contribution in [0, 0.1) is 0 Å². The molecule has 0 aliphatic carbocycles. The maximum Gasteiger partial charge on any atom is 0.251 e. The minimum absolute atomic E-state index is 0.169. The van der Waals surface area contributed by atoms with Gasteiger partial charge in [-0.3, -0.25) is 4.79 Å². The number of hydrogen-bond donors (Lipinski definition) is 1. The molecular weight excluding hydrogens is 194 g/mol. The lowest BCUT2D eigenvalue weighted by Crippen LogP contribution is -2.45. The van der Waals surface area contributed by atoms with Crippen LogP contribution in [0.4, 0.5) is 0 Å². The van der Waals surface area contributed by atoms with E-state index < -0.39 is 6.10 Å². The number of carbonyl (C=O) groups excluding carboxylic acids is 1. The molecule has 4 heteroatoms. The van der Waals surface area contributed by atoms with Crippen LogP contribution in [0.25, 0.3) is 0 Å². The van der Waals surface area contributed by atoms with E-state index in [0.717, 1.165) is 12.8 Å². The van der Waals surface area contributed by atoms with Gasteiger partial charge in [0.05, 0.1) is 12.2 Å². The minimum Gasteiger partial charge on any atom is -0.384 e. The molecule has 1 aliphatic heterocycles. The van der Waals surface area contributed by atoms with Crippen LogP contribution in [-0.4, -0.2) is 47.3 Å². The second-order valence-corrected chi connectivity index (χ2v) is 4.39. The summed E-state index contributed by atoms with van der Waals surface area (Å²) < 4.78 is 5.68. The van der Waals surface area contributed by atoms with Gasteiger partial charge < -0.3 is 14.7 Å². The first-order valence-corrected chi connectivity index (χ1v) is 5.63. The highest BCUT2D eigenvalue weighted by atomic mass is 16.5. The SMILES string of the molecule is CC(C)OC1CCN(C(=O)C(C)O)CC1. The summed E-state index contributed by atoms with van der Waals surface area (Å²) in [5, 5.41) is 9.16. The van der Waals surface area contributed by atoms with Crippen molar-refractivity contribution < 1.29 is 14.6 Å². The van der Waals surface area contributed by atoms with Gasteiger partial charge in [-0.25, -0.2) is 0 Å². The van der Waals surface area contributed by atoms with Gasteiger partial charge in [0.15, 0.2) is 0 Å². The average Bonchev–Trinajstić information content (AvgIpc) is 2.17. The zero-order chi connectivity index (χ0) is 11.4. The van der Waals surface area contributed by atoms with Crippen LogP contribution < -0.4 is 0 Å². The van der Waals surface area contributed by atoms with Crippen molar-refractivity contribution in [3.63, 3.8) is 0 Å². The van der Waals surface area contributed by atoms with Crippen LogP contribution in [-0.2, 0) is 9.53 Å². The number of aliphatic hydroxyl groups is 1. The molecule has 1 atom stereocenters. The quantitative estimate of drug-likeness (QED) is 0.757. The predicted molar refractivity (Wildman–Crippen MR) is 57.5 cm³/mol. The summed E-state index contributed by atoms with van der Waals surface area (Å²) in [7, 11) is 0. The molecule has 1 unspecified atom stereocenters. The van der Waals surface area contributed by atoms with Crippen molar-refractivity contribution in [2.45, 2.75) is 51.9 Å². The van der Waals surface area contributed by atoms with E-state index in [1.54, 1.807) is 4.90 Å². The first-order valence-electron chi connectivity index (χ1n) is 5.63. The summed E-state index contributed by atoms with van der Waals surface area (Å²) in [6.07, 6.45) is 1.37. The Balaban J connectivity index is 2.32. The van der Waals surface area contributed by atoms with Crippen molar-refractivity contribution in [1.82, 2.24) is 4.90 Å². The van der Waals surface area contributed by atoms with E-state index >= 15 is 0 Å². The molecular formula is C11H21NO3. The smallest absolute Gasteiger partial charge is 0.251 e. The Morgan fingerprint density at radius 1 is 1.33 bits per heavy atom. The van der Waals surface area contributed by atoms with Crippen LogP contribution in [0.3, 0.4) is 0 Å². The average molecular weight is 215 g/mol.